The smallest absolute Gasteiger partial charge is 0.259 e. The van der Waals surface area contributed by atoms with E-state index in [1.165, 1.54) is 11.1 Å². The molecule has 1 aliphatic rings. The van der Waals surface area contributed by atoms with Gasteiger partial charge in [0.05, 0.1) is 28.9 Å². The highest BCUT2D eigenvalue weighted by Gasteiger charge is 2.25. The van der Waals surface area contributed by atoms with Gasteiger partial charge < -0.3 is 14.3 Å². The van der Waals surface area contributed by atoms with E-state index in [1.807, 2.05) is 19.1 Å². The van der Waals surface area contributed by atoms with E-state index < -0.39 is 0 Å². The van der Waals surface area contributed by atoms with Gasteiger partial charge in [0.2, 0.25) is 0 Å². The summed E-state index contributed by atoms with van der Waals surface area (Å²) in [5, 5.41) is 7.84. The molecular formula is C22H19N3O3. The fraction of sp³-hybridized carbons (Fsp3) is 0.227. The van der Waals surface area contributed by atoms with E-state index in [9.17, 15) is 4.79 Å². The number of nitrogens with one attached hydrogen (secondary N) is 1. The third-order valence-corrected chi connectivity index (χ3v) is 5.31. The Hall–Kier alpha value is -3.41. The van der Waals surface area contributed by atoms with Crippen molar-refractivity contribution in [3.63, 3.8) is 0 Å². The molecule has 6 nitrogen and oxygen atoms in total. The molecule has 0 radical (unpaired) electrons. The van der Waals surface area contributed by atoms with E-state index in [1.54, 1.807) is 24.5 Å². The van der Waals surface area contributed by atoms with Gasteiger partial charge in [-0.3, -0.25) is 4.79 Å². The SMILES string of the molecule is Cc1noc2nc(-c3ccco3)cc(C(=O)N[C@@H]3CCCc4ccccc43)c12. The van der Waals surface area contributed by atoms with E-state index in [0.29, 0.717) is 33.8 Å². The van der Waals surface area contributed by atoms with Crippen LogP contribution in [0.3, 0.4) is 0 Å². The number of furan rings is 1. The number of benzene rings is 1. The summed E-state index contributed by atoms with van der Waals surface area (Å²) >= 11 is 0. The minimum Gasteiger partial charge on any atom is -0.463 e. The van der Waals surface area contributed by atoms with Crippen LogP contribution in [-0.4, -0.2) is 16.0 Å². The number of carbonyl (C=O) groups is 1. The van der Waals surface area contributed by atoms with Gasteiger partial charge in [-0.05, 0) is 55.5 Å². The van der Waals surface area contributed by atoms with Crippen molar-refractivity contribution in [2.45, 2.75) is 32.2 Å². The number of aryl methyl sites for hydroxylation is 2. The number of hydrogen-bond acceptors (Lipinski definition) is 5. The molecule has 1 atom stereocenters. The molecule has 5 rings (SSSR count). The van der Waals surface area contributed by atoms with Gasteiger partial charge in [-0.25, -0.2) is 4.98 Å². The lowest BCUT2D eigenvalue weighted by Gasteiger charge is -2.26. The highest BCUT2D eigenvalue weighted by atomic mass is 16.5. The van der Waals surface area contributed by atoms with Gasteiger partial charge in [-0.1, -0.05) is 29.4 Å². The molecule has 28 heavy (non-hydrogen) atoms. The van der Waals surface area contributed by atoms with Gasteiger partial charge in [0, 0.05) is 0 Å². The molecule has 140 valence electrons. The van der Waals surface area contributed by atoms with Crippen LogP contribution >= 0.6 is 0 Å². The van der Waals surface area contributed by atoms with E-state index in [4.69, 9.17) is 8.94 Å². The van der Waals surface area contributed by atoms with Crippen molar-refractivity contribution in [2.24, 2.45) is 0 Å². The molecule has 1 amide bonds. The first kappa shape index (κ1) is 16.7. The van der Waals surface area contributed by atoms with Crippen LogP contribution in [0, 0.1) is 6.92 Å². The summed E-state index contributed by atoms with van der Waals surface area (Å²) in [6.45, 7) is 1.81. The minimum absolute atomic E-state index is 0.00658. The predicted molar refractivity (Wildman–Crippen MR) is 104 cm³/mol. The summed E-state index contributed by atoms with van der Waals surface area (Å²) in [4.78, 5) is 17.7. The van der Waals surface area contributed by atoms with Gasteiger partial charge in [0.25, 0.3) is 11.6 Å². The third kappa shape index (κ3) is 2.78. The highest BCUT2D eigenvalue weighted by Crippen LogP contribution is 2.31. The number of nitrogens with zero attached hydrogens (tertiary/aromatic N) is 2. The van der Waals surface area contributed by atoms with Gasteiger partial charge in [0.15, 0.2) is 5.76 Å². The maximum atomic E-state index is 13.3. The number of hydrogen-bond donors (Lipinski definition) is 1. The molecule has 0 saturated heterocycles. The molecular weight excluding hydrogens is 354 g/mol. The lowest BCUT2D eigenvalue weighted by atomic mass is 9.87. The van der Waals surface area contributed by atoms with Crippen molar-refractivity contribution >= 4 is 17.0 Å². The maximum absolute atomic E-state index is 13.3. The van der Waals surface area contributed by atoms with Crippen LogP contribution in [0.15, 0.2) is 57.7 Å². The quantitative estimate of drug-likeness (QED) is 0.568. The highest BCUT2D eigenvalue weighted by molar-refractivity contribution is 6.07. The molecule has 0 bridgehead atoms. The molecule has 1 aromatic carbocycles. The monoisotopic (exact) mass is 373 g/mol. The van der Waals surface area contributed by atoms with Crippen molar-refractivity contribution in [3.05, 3.63) is 71.1 Å². The fourth-order valence-corrected chi connectivity index (χ4v) is 3.96. The predicted octanol–water partition coefficient (Wildman–Crippen LogP) is 4.60. The van der Waals surface area contributed by atoms with E-state index >= 15 is 0 Å². The normalized spacial score (nSPS) is 16.1. The van der Waals surface area contributed by atoms with Crippen LogP contribution in [0.5, 0.6) is 0 Å². The Morgan fingerprint density at radius 1 is 1.21 bits per heavy atom. The fourth-order valence-electron chi connectivity index (χ4n) is 3.96. The summed E-state index contributed by atoms with van der Waals surface area (Å²) < 4.78 is 10.8. The molecule has 4 aromatic rings. The minimum atomic E-state index is -0.159. The number of amides is 1. The van der Waals surface area contributed by atoms with E-state index in [-0.39, 0.29) is 11.9 Å². The van der Waals surface area contributed by atoms with Crippen molar-refractivity contribution < 1.29 is 13.7 Å². The Morgan fingerprint density at radius 2 is 2.11 bits per heavy atom. The Morgan fingerprint density at radius 3 is 2.96 bits per heavy atom. The second kappa shape index (κ2) is 6.64. The van der Waals surface area contributed by atoms with Crippen molar-refractivity contribution in [1.82, 2.24) is 15.5 Å². The molecule has 3 aromatic heterocycles. The molecule has 6 heteroatoms. The van der Waals surface area contributed by atoms with Crippen LogP contribution in [0.25, 0.3) is 22.6 Å². The summed E-state index contributed by atoms with van der Waals surface area (Å²) in [5.74, 6) is 0.418. The zero-order valence-electron chi connectivity index (χ0n) is 15.4. The average Bonchev–Trinajstić information content (AvgIpc) is 3.38. The summed E-state index contributed by atoms with van der Waals surface area (Å²) in [6, 6.07) is 13.6. The first-order chi connectivity index (χ1) is 13.7. The van der Waals surface area contributed by atoms with Crippen LogP contribution in [-0.2, 0) is 6.42 Å². The Kier molecular flexibility index (Phi) is 3.97. The first-order valence-electron chi connectivity index (χ1n) is 9.40. The molecule has 0 spiro atoms. The summed E-state index contributed by atoms with van der Waals surface area (Å²) in [6.07, 6.45) is 4.60. The Labute approximate surface area is 161 Å². The number of carbonyl (C=O) groups excluding carboxylic acids is 1. The standard InChI is InChI=1S/C22H19N3O3/c1-13-20-16(12-18(19-10-5-11-27-19)24-22(20)28-25-13)21(26)23-17-9-4-7-14-6-2-3-8-15(14)17/h2-3,5-6,8,10-12,17H,4,7,9H2,1H3,(H,23,26)/t17-/m1/s1. The number of fused-ring (bicyclic) bond motifs is 2. The molecule has 0 fully saturated rings. The van der Waals surface area contributed by atoms with E-state index in [2.05, 4.69) is 27.6 Å². The van der Waals surface area contributed by atoms with Crippen LogP contribution in [0.4, 0.5) is 0 Å². The van der Waals surface area contributed by atoms with Crippen molar-refractivity contribution in [3.8, 4) is 11.5 Å². The van der Waals surface area contributed by atoms with Crippen molar-refractivity contribution in [1.29, 1.82) is 0 Å². The van der Waals surface area contributed by atoms with Gasteiger partial charge in [-0.2, -0.15) is 0 Å². The molecule has 1 aliphatic carbocycles. The second-order valence-corrected chi connectivity index (χ2v) is 7.10. The Bertz CT molecular complexity index is 1160. The van der Waals surface area contributed by atoms with Gasteiger partial charge in [0.1, 0.15) is 5.69 Å². The molecule has 3 heterocycles. The summed E-state index contributed by atoms with van der Waals surface area (Å²) in [5.41, 5.74) is 4.52. The largest absolute Gasteiger partial charge is 0.463 e. The molecule has 0 unspecified atom stereocenters. The second-order valence-electron chi connectivity index (χ2n) is 7.10. The topological polar surface area (TPSA) is 81.2 Å². The van der Waals surface area contributed by atoms with Crippen molar-refractivity contribution in [2.75, 3.05) is 0 Å². The average molecular weight is 373 g/mol. The summed E-state index contributed by atoms with van der Waals surface area (Å²) in [7, 11) is 0. The zero-order valence-corrected chi connectivity index (χ0v) is 15.4. The lowest BCUT2D eigenvalue weighted by Crippen LogP contribution is -2.31. The van der Waals surface area contributed by atoms with Gasteiger partial charge in [-0.15, -0.1) is 0 Å². The maximum Gasteiger partial charge on any atom is 0.259 e. The third-order valence-electron chi connectivity index (χ3n) is 5.31. The van der Waals surface area contributed by atoms with Gasteiger partial charge >= 0.3 is 0 Å². The molecule has 1 N–H and O–H groups in total. The van der Waals surface area contributed by atoms with Crippen LogP contribution < -0.4 is 5.32 Å². The Balaban J connectivity index is 1.55. The number of pyridine rings is 1. The van der Waals surface area contributed by atoms with E-state index in [0.717, 1.165) is 19.3 Å². The number of aromatic nitrogens is 2. The molecule has 0 saturated carbocycles. The molecule has 0 aliphatic heterocycles. The lowest BCUT2D eigenvalue weighted by molar-refractivity contribution is 0.0934. The number of rotatable bonds is 3. The first-order valence-corrected chi connectivity index (χ1v) is 9.40. The van der Waals surface area contributed by atoms with Crippen LogP contribution in [0.1, 0.15) is 46.1 Å². The van der Waals surface area contributed by atoms with Crippen LogP contribution in [0.2, 0.25) is 0 Å². The zero-order chi connectivity index (χ0) is 19.1.